The smallest absolute Gasteiger partial charge is 0.396 e. The Kier molecular flexibility index (Phi) is 9.19. The minimum Gasteiger partial charge on any atom is -0.396 e. The summed E-state index contributed by atoms with van der Waals surface area (Å²) in [4.78, 5) is 4.18. The van der Waals surface area contributed by atoms with Crippen LogP contribution >= 0.6 is 0 Å². The molecule has 4 rings (SSSR count). The van der Waals surface area contributed by atoms with Gasteiger partial charge in [-0.15, -0.1) is 10.2 Å². The summed E-state index contributed by atoms with van der Waals surface area (Å²) in [6.45, 7) is 2.13. The fraction of sp³-hybridized carbons (Fsp3) is 0.519. The quantitative estimate of drug-likeness (QED) is 0.213. The normalized spacial score (nSPS) is 16.9. The number of tetrazole rings is 1. The van der Waals surface area contributed by atoms with E-state index in [1.165, 1.54) is 18.0 Å². The third-order valence-electron chi connectivity index (χ3n) is 7.30. The Hall–Kier alpha value is -3.56. The summed E-state index contributed by atoms with van der Waals surface area (Å²) in [6.07, 6.45) is -12.9. The Morgan fingerprint density at radius 1 is 0.837 bits per heavy atom. The topological polar surface area (TPSA) is 70.3 Å². The SMILES string of the molecule is CCC1CN(C(c2cc(C(F)(F)F)cc(C(F)(F)F)c2)c2nnn(C)n2)c2cc(C(F)(F)F)ccc2N1CCCCCO. The van der Waals surface area contributed by atoms with Gasteiger partial charge in [0, 0.05) is 25.7 Å². The Morgan fingerprint density at radius 2 is 1.47 bits per heavy atom. The van der Waals surface area contributed by atoms with Crippen molar-refractivity contribution in [1.82, 2.24) is 20.2 Å². The molecular formula is C27H29F9N6O. The lowest BCUT2D eigenvalue weighted by Crippen LogP contribution is -2.50. The Labute approximate surface area is 240 Å². The van der Waals surface area contributed by atoms with E-state index in [1.807, 2.05) is 11.8 Å². The predicted octanol–water partition coefficient (Wildman–Crippen LogP) is 6.62. The van der Waals surface area contributed by atoms with E-state index in [0.29, 0.717) is 50.0 Å². The zero-order valence-corrected chi connectivity index (χ0v) is 23.1. The lowest BCUT2D eigenvalue weighted by atomic mass is 9.94. The van der Waals surface area contributed by atoms with E-state index in [-0.39, 0.29) is 36.8 Å². The van der Waals surface area contributed by atoms with Crippen LogP contribution in [-0.2, 0) is 25.6 Å². The monoisotopic (exact) mass is 624 g/mol. The fourth-order valence-electron chi connectivity index (χ4n) is 5.27. The highest BCUT2D eigenvalue weighted by Gasteiger charge is 2.42. The fourth-order valence-corrected chi connectivity index (χ4v) is 5.27. The van der Waals surface area contributed by atoms with Gasteiger partial charge < -0.3 is 14.9 Å². The van der Waals surface area contributed by atoms with Crippen molar-refractivity contribution in [2.45, 2.75) is 63.2 Å². The van der Waals surface area contributed by atoms with Gasteiger partial charge in [-0.25, -0.2) is 0 Å². The average Bonchev–Trinajstić information content (AvgIpc) is 3.35. The van der Waals surface area contributed by atoms with Crippen molar-refractivity contribution in [3.05, 3.63) is 64.5 Å². The number of hydrogen-bond acceptors (Lipinski definition) is 6. The molecule has 0 fully saturated rings. The van der Waals surface area contributed by atoms with Crippen molar-refractivity contribution in [1.29, 1.82) is 0 Å². The molecule has 1 aliphatic rings. The van der Waals surface area contributed by atoms with Gasteiger partial charge in [0.05, 0.1) is 35.1 Å². The maximum Gasteiger partial charge on any atom is 0.416 e. The molecule has 0 saturated carbocycles. The molecule has 1 N–H and O–H groups in total. The molecule has 2 heterocycles. The molecule has 0 saturated heterocycles. The van der Waals surface area contributed by atoms with E-state index < -0.39 is 46.8 Å². The predicted molar refractivity (Wildman–Crippen MR) is 138 cm³/mol. The van der Waals surface area contributed by atoms with Gasteiger partial charge in [0.15, 0.2) is 0 Å². The van der Waals surface area contributed by atoms with Crippen LogP contribution < -0.4 is 9.80 Å². The van der Waals surface area contributed by atoms with Gasteiger partial charge in [0.25, 0.3) is 0 Å². The summed E-state index contributed by atoms with van der Waals surface area (Å²) in [5.41, 5.74) is -4.44. The number of halogens is 9. The van der Waals surface area contributed by atoms with Crippen molar-refractivity contribution in [2.75, 3.05) is 29.5 Å². The molecule has 236 valence electrons. The summed E-state index contributed by atoms with van der Waals surface area (Å²) >= 11 is 0. The van der Waals surface area contributed by atoms with Crippen LogP contribution in [0.15, 0.2) is 36.4 Å². The molecule has 0 bridgehead atoms. The van der Waals surface area contributed by atoms with E-state index in [4.69, 9.17) is 5.11 Å². The minimum absolute atomic E-state index is 0.0144. The zero-order valence-electron chi connectivity index (χ0n) is 23.1. The van der Waals surface area contributed by atoms with E-state index in [1.54, 1.807) is 0 Å². The molecule has 0 aliphatic carbocycles. The maximum atomic E-state index is 13.9. The number of aliphatic hydroxyl groups excluding tert-OH is 1. The van der Waals surface area contributed by atoms with Crippen molar-refractivity contribution in [3.8, 4) is 0 Å². The van der Waals surface area contributed by atoms with Gasteiger partial charge in [-0.2, -0.15) is 44.3 Å². The van der Waals surface area contributed by atoms with E-state index in [9.17, 15) is 39.5 Å². The van der Waals surface area contributed by atoms with Gasteiger partial charge in [0.2, 0.25) is 5.82 Å². The van der Waals surface area contributed by atoms with Crippen LogP contribution in [0.3, 0.4) is 0 Å². The van der Waals surface area contributed by atoms with Crippen LogP contribution in [0.4, 0.5) is 50.9 Å². The number of hydrogen-bond donors (Lipinski definition) is 1. The van der Waals surface area contributed by atoms with E-state index >= 15 is 0 Å². The van der Waals surface area contributed by atoms with Gasteiger partial charge >= 0.3 is 18.5 Å². The highest BCUT2D eigenvalue weighted by molar-refractivity contribution is 5.76. The number of aliphatic hydroxyl groups is 1. The molecule has 0 amide bonds. The first kappa shape index (κ1) is 32.4. The highest BCUT2D eigenvalue weighted by Crippen LogP contribution is 2.46. The second-order valence-electron chi connectivity index (χ2n) is 10.3. The molecule has 7 nitrogen and oxygen atoms in total. The molecule has 3 aromatic rings. The number of nitrogens with zero attached hydrogens (tertiary/aromatic N) is 6. The standard InChI is InChI=1S/C27H29F9N6O/c1-3-20-15-42(22-14-17(25(28,29)30)7-8-21(22)41(20)9-5-4-6-10-43)23(24-37-39-40(2)38-24)16-11-18(26(31,32)33)13-19(12-16)27(34,35)36/h7-8,11-14,20,23,43H,3-6,9-10,15H2,1-2H3. The second kappa shape index (κ2) is 12.2. The number of fused-ring (bicyclic) bond motifs is 1. The number of aromatic nitrogens is 4. The highest BCUT2D eigenvalue weighted by atomic mass is 19.4. The van der Waals surface area contributed by atoms with Crippen molar-refractivity contribution in [2.24, 2.45) is 7.05 Å². The molecule has 16 heteroatoms. The van der Waals surface area contributed by atoms with Crippen molar-refractivity contribution in [3.63, 3.8) is 0 Å². The first-order valence-electron chi connectivity index (χ1n) is 13.4. The Morgan fingerprint density at radius 3 is 1.98 bits per heavy atom. The summed E-state index contributed by atoms with van der Waals surface area (Å²) in [5, 5.41) is 20.8. The van der Waals surface area contributed by atoms with Crippen LogP contribution in [0.1, 0.15) is 66.7 Å². The molecular weight excluding hydrogens is 595 g/mol. The van der Waals surface area contributed by atoms with E-state index in [0.717, 1.165) is 16.9 Å². The third-order valence-corrected chi connectivity index (χ3v) is 7.30. The van der Waals surface area contributed by atoms with Crippen molar-refractivity contribution < 1.29 is 44.6 Å². The third kappa shape index (κ3) is 7.16. The number of aryl methyl sites for hydroxylation is 1. The molecule has 2 atom stereocenters. The Balaban J connectivity index is 1.97. The van der Waals surface area contributed by atoms with E-state index in [2.05, 4.69) is 15.4 Å². The summed E-state index contributed by atoms with van der Waals surface area (Å²) < 4.78 is 125. The molecule has 0 spiro atoms. The Bertz CT molecular complexity index is 1370. The van der Waals surface area contributed by atoms with Gasteiger partial charge in [0.1, 0.15) is 6.04 Å². The first-order valence-corrected chi connectivity index (χ1v) is 13.4. The number of rotatable bonds is 9. The second-order valence-corrected chi connectivity index (χ2v) is 10.3. The molecule has 2 aromatic carbocycles. The van der Waals surface area contributed by atoms with Crippen LogP contribution in [-0.4, -0.2) is 51.1 Å². The van der Waals surface area contributed by atoms with Gasteiger partial charge in [-0.3, -0.25) is 0 Å². The van der Waals surface area contributed by atoms with Crippen LogP contribution in [0.2, 0.25) is 0 Å². The van der Waals surface area contributed by atoms with Crippen molar-refractivity contribution >= 4 is 11.4 Å². The molecule has 0 radical (unpaired) electrons. The maximum absolute atomic E-state index is 13.9. The number of alkyl halides is 9. The average molecular weight is 625 g/mol. The summed E-state index contributed by atoms with van der Waals surface area (Å²) in [7, 11) is 1.34. The largest absolute Gasteiger partial charge is 0.416 e. The number of anilines is 2. The number of unbranched alkanes of at least 4 members (excludes halogenated alkanes) is 2. The van der Waals surface area contributed by atoms with Crippen LogP contribution in [0.5, 0.6) is 0 Å². The molecule has 43 heavy (non-hydrogen) atoms. The first-order chi connectivity index (χ1) is 20.0. The van der Waals surface area contributed by atoms with Crippen LogP contribution in [0.25, 0.3) is 0 Å². The lowest BCUT2D eigenvalue weighted by molar-refractivity contribution is -0.143. The summed E-state index contributed by atoms with van der Waals surface area (Å²) in [5.74, 6) is -0.287. The lowest BCUT2D eigenvalue weighted by Gasteiger charge is -2.47. The molecule has 1 aromatic heterocycles. The minimum atomic E-state index is -5.16. The summed E-state index contributed by atoms with van der Waals surface area (Å²) in [6, 6.07) is 2.10. The molecule has 2 unspecified atom stereocenters. The molecule has 1 aliphatic heterocycles. The zero-order chi connectivity index (χ0) is 31.7. The van der Waals surface area contributed by atoms with Gasteiger partial charge in [-0.05, 0) is 72.9 Å². The van der Waals surface area contributed by atoms with Crippen LogP contribution in [0, 0.1) is 0 Å². The number of benzene rings is 2. The van der Waals surface area contributed by atoms with Gasteiger partial charge in [-0.1, -0.05) is 6.92 Å².